The molecule has 0 saturated carbocycles. The first kappa shape index (κ1) is 7.78. The summed E-state index contributed by atoms with van der Waals surface area (Å²) in [4.78, 5) is 0. The summed E-state index contributed by atoms with van der Waals surface area (Å²) in [5.74, 6) is 5.05. The highest BCUT2D eigenvalue weighted by Gasteiger charge is 1.89. The molecule has 0 aromatic rings. The summed E-state index contributed by atoms with van der Waals surface area (Å²) in [5, 5.41) is 0. The molecule has 0 bridgehead atoms. The van der Waals surface area contributed by atoms with Gasteiger partial charge in [0.2, 0.25) is 0 Å². The molecular formula is C6H11N3. The topological polar surface area (TPSA) is 64.1 Å². The molecule has 0 unspecified atom stereocenters. The number of nitrogens with two attached hydrogens (primary N) is 2. The molecule has 0 amide bonds. The second kappa shape index (κ2) is 3.74. The molecule has 0 spiro atoms. The average Bonchev–Trinajstić information content (AvgIpc) is 1.82. The van der Waals surface area contributed by atoms with Gasteiger partial charge in [-0.3, -0.25) is 5.84 Å². The Kier molecular flexibility index (Phi) is 3.23. The van der Waals surface area contributed by atoms with E-state index >= 15 is 0 Å². The number of hydrogen-bond donors (Lipinski definition) is 3. The Bertz CT molecular complexity index is 146. The van der Waals surface area contributed by atoms with Gasteiger partial charge in [0.1, 0.15) is 0 Å². The standard InChI is InChI=1S/C6H11N3/c1-3-4-6(9-8)5(2)7/h3-4,9H,1-2,7-8H2/b6-4+. The van der Waals surface area contributed by atoms with Crippen LogP contribution in [-0.2, 0) is 0 Å². The molecule has 50 valence electrons. The monoisotopic (exact) mass is 125 g/mol. The molecule has 9 heavy (non-hydrogen) atoms. The molecule has 0 aromatic heterocycles. The summed E-state index contributed by atoms with van der Waals surface area (Å²) in [6, 6.07) is 0. The van der Waals surface area contributed by atoms with E-state index in [1.165, 1.54) is 0 Å². The number of nitrogens with one attached hydrogen (secondary N) is 1. The van der Waals surface area contributed by atoms with Gasteiger partial charge in [-0.1, -0.05) is 19.2 Å². The zero-order valence-electron chi connectivity index (χ0n) is 5.22. The summed E-state index contributed by atoms with van der Waals surface area (Å²) < 4.78 is 0. The Labute approximate surface area is 54.7 Å². The summed E-state index contributed by atoms with van der Waals surface area (Å²) >= 11 is 0. The van der Waals surface area contributed by atoms with Crippen LogP contribution in [0.3, 0.4) is 0 Å². The lowest BCUT2D eigenvalue weighted by Crippen LogP contribution is -2.24. The third kappa shape index (κ3) is 2.56. The summed E-state index contributed by atoms with van der Waals surface area (Å²) in [6.45, 7) is 6.93. The molecule has 0 aromatic carbocycles. The van der Waals surface area contributed by atoms with Gasteiger partial charge in [-0.05, 0) is 6.08 Å². The molecule has 0 aliphatic heterocycles. The van der Waals surface area contributed by atoms with Crippen LogP contribution in [0.1, 0.15) is 0 Å². The van der Waals surface area contributed by atoms with Gasteiger partial charge in [-0.15, -0.1) is 0 Å². The van der Waals surface area contributed by atoms with Crippen molar-refractivity contribution in [3.8, 4) is 0 Å². The van der Waals surface area contributed by atoms with Gasteiger partial charge >= 0.3 is 0 Å². The predicted octanol–water partition coefficient (Wildman–Crippen LogP) is -0.00800. The largest absolute Gasteiger partial charge is 0.397 e. The lowest BCUT2D eigenvalue weighted by Gasteiger charge is -2.02. The summed E-state index contributed by atoms with van der Waals surface area (Å²) in [6.07, 6.45) is 3.22. The number of hydrazine groups is 1. The molecule has 0 aliphatic carbocycles. The van der Waals surface area contributed by atoms with Gasteiger partial charge in [-0.25, -0.2) is 0 Å². The van der Waals surface area contributed by atoms with Gasteiger partial charge in [0.25, 0.3) is 0 Å². The molecule has 5 N–H and O–H groups in total. The number of hydrogen-bond acceptors (Lipinski definition) is 3. The number of allylic oxidation sites excluding steroid dienone is 2. The van der Waals surface area contributed by atoms with Crippen molar-refractivity contribution < 1.29 is 0 Å². The summed E-state index contributed by atoms with van der Waals surface area (Å²) in [5.41, 5.74) is 8.64. The first-order valence-electron chi connectivity index (χ1n) is 2.46. The van der Waals surface area contributed by atoms with E-state index in [0.717, 1.165) is 0 Å². The highest BCUT2D eigenvalue weighted by atomic mass is 15.2. The molecular weight excluding hydrogens is 114 g/mol. The maximum absolute atomic E-state index is 5.28. The van der Waals surface area contributed by atoms with Crippen LogP contribution in [0.5, 0.6) is 0 Å². The third-order valence-electron chi connectivity index (χ3n) is 0.786. The zero-order chi connectivity index (χ0) is 7.28. The van der Waals surface area contributed by atoms with E-state index in [1.807, 2.05) is 0 Å². The molecule has 0 atom stereocenters. The normalized spacial score (nSPS) is 10.6. The van der Waals surface area contributed by atoms with E-state index in [0.29, 0.717) is 11.4 Å². The quantitative estimate of drug-likeness (QED) is 0.282. The van der Waals surface area contributed by atoms with Crippen molar-refractivity contribution in [1.29, 1.82) is 0 Å². The third-order valence-corrected chi connectivity index (χ3v) is 0.786. The molecule has 0 fully saturated rings. The predicted molar refractivity (Wildman–Crippen MR) is 38.9 cm³/mol. The molecule has 3 nitrogen and oxygen atoms in total. The van der Waals surface area contributed by atoms with E-state index in [-0.39, 0.29) is 0 Å². The maximum atomic E-state index is 5.28. The molecule has 0 heterocycles. The molecule has 0 aliphatic rings. The first-order chi connectivity index (χ1) is 4.22. The highest BCUT2D eigenvalue weighted by Crippen LogP contribution is 1.93. The van der Waals surface area contributed by atoms with Gasteiger partial charge in [0, 0.05) is 5.70 Å². The minimum atomic E-state index is 0.400. The van der Waals surface area contributed by atoms with Crippen molar-refractivity contribution in [3.63, 3.8) is 0 Å². The smallest absolute Gasteiger partial charge is 0.0709 e. The Morgan fingerprint density at radius 2 is 2.11 bits per heavy atom. The van der Waals surface area contributed by atoms with Crippen molar-refractivity contribution in [2.45, 2.75) is 0 Å². The van der Waals surface area contributed by atoms with Crippen LogP contribution in [0.25, 0.3) is 0 Å². The Morgan fingerprint density at radius 1 is 1.56 bits per heavy atom. The fourth-order valence-corrected chi connectivity index (χ4v) is 0.366. The van der Waals surface area contributed by atoms with Gasteiger partial charge in [-0.2, -0.15) is 0 Å². The minimum absolute atomic E-state index is 0.400. The van der Waals surface area contributed by atoms with Crippen LogP contribution in [0.4, 0.5) is 0 Å². The van der Waals surface area contributed by atoms with Gasteiger partial charge in [0.15, 0.2) is 0 Å². The van der Waals surface area contributed by atoms with Gasteiger partial charge < -0.3 is 11.2 Å². The van der Waals surface area contributed by atoms with Gasteiger partial charge in [0.05, 0.1) is 5.70 Å². The van der Waals surface area contributed by atoms with Crippen LogP contribution < -0.4 is 17.0 Å². The molecule has 0 radical (unpaired) electrons. The Balaban J connectivity index is 4.14. The fraction of sp³-hybridized carbons (Fsp3) is 0. The van der Waals surface area contributed by atoms with Crippen LogP contribution >= 0.6 is 0 Å². The lowest BCUT2D eigenvalue weighted by atomic mass is 10.3. The van der Waals surface area contributed by atoms with Crippen LogP contribution in [0.2, 0.25) is 0 Å². The second-order valence-corrected chi connectivity index (χ2v) is 1.49. The molecule has 3 heteroatoms. The van der Waals surface area contributed by atoms with Crippen LogP contribution in [0.15, 0.2) is 36.7 Å². The first-order valence-corrected chi connectivity index (χ1v) is 2.46. The summed E-state index contributed by atoms with van der Waals surface area (Å²) in [7, 11) is 0. The Hall–Kier alpha value is -1.22. The van der Waals surface area contributed by atoms with Crippen LogP contribution in [0, 0.1) is 0 Å². The minimum Gasteiger partial charge on any atom is -0.397 e. The van der Waals surface area contributed by atoms with Crippen molar-refractivity contribution in [3.05, 3.63) is 36.7 Å². The average molecular weight is 125 g/mol. The van der Waals surface area contributed by atoms with Crippen LogP contribution in [-0.4, -0.2) is 0 Å². The van der Waals surface area contributed by atoms with Crippen molar-refractivity contribution in [2.75, 3.05) is 0 Å². The Morgan fingerprint density at radius 3 is 2.22 bits per heavy atom. The molecule has 0 rings (SSSR count). The molecule has 0 saturated heterocycles. The van der Waals surface area contributed by atoms with Crippen molar-refractivity contribution >= 4 is 0 Å². The van der Waals surface area contributed by atoms with E-state index in [2.05, 4.69) is 18.6 Å². The van der Waals surface area contributed by atoms with E-state index in [1.54, 1.807) is 12.2 Å². The number of rotatable bonds is 3. The lowest BCUT2D eigenvalue weighted by molar-refractivity contribution is 0.891. The SMILES string of the molecule is C=C/C=C(/NN)C(=C)N. The second-order valence-electron chi connectivity index (χ2n) is 1.49. The fourth-order valence-electron chi connectivity index (χ4n) is 0.366. The van der Waals surface area contributed by atoms with E-state index in [4.69, 9.17) is 11.6 Å². The van der Waals surface area contributed by atoms with E-state index < -0.39 is 0 Å². The van der Waals surface area contributed by atoms with Crippen molar-refractivity contribution in [2.24, 2.45) is 11.6 Å². The van der Waals surface area contributed by atoms with E-state index in [9.17, 15) is 0 Å². The van der Waals surface area contributed by atoms with Crippen molar-refractivity contribution in [1.82, 2.24) is 5.43 Å². The maximum Gasteiger partial charge on any atom is 0.0709 e. The zero-order valence-corrected chi connectivity index (χ0v) is 5.22. The highest BCUT2D eigenvalue weighted by molar-refractivity contribution is 5.25.